The van der Waals surface area contributed by atoms with Gasteiger partial charge in [0.2, 0.25) is 0 Å². The molecule has 1 unspecified atom stereocenters. The smallest absolute Gasteiger partial charge is 0.115 e. The molecule has 0 bridgehead atoms. The van der Waals surface area contributed by atoms with E-state index >= 15 is 0 Å². The Morgan fingerprint density at radius 3 is 2.83 bits per heavy atom. The first-order valence-electron chi connectivity index (χ1n) is 4.09. The molecule has 0 radical (unpaired) electrons. The highest BCUT2D eigenvalue weighted by Crippen LogP contribution is 2.42. The first kappa shape index (κ1) is 7.56. The number of ether oxygens (including phenoxy) is 1. The molecule has 0 N–H and O–H groups in total. The average molecular weight is 160 g/mol. The lowest BCUT2D eigenvalue weighted by Gasteiger charge is -2.40. The van der Waals surface area contributed by atoms with Gasteiger partial charge in [-0.3, -0.25) is 0 Å². The van der Waals surface area contributed by atoms with E-state index in [1.54, 1.807) is 7.11 Å². The lowest BCUT2D eigenvalue weighted by molar-refractivity contribution is 0.00934. The molecule has 0 aromatic heterocycles. The van der Waals surface area contributed by atoms with E-state index in [-0.39, 0.29) is 5.60 Å². The van der Waals surface area contributed by atoms with Gasteiger partial charge in [0.25, 0.3) is 0 Å². The van der Waals surface area contributed by atoms with E-state index in [4.69, 9.17) is 4.74 Å². The van der Waals surface area contributed by atoms with Gasteiger partial charge in [-0.1, -0.05) is 36.9 Å². The zero-order valence-corrected chi connectivity index (χ0v) is 7.21. The molecule has 1 atom stereocenters. The van der Waals surface area contributed by atoms with Gasteiger partial charge in [0, 0.05) is 13.5 Å². The van der Waals surface area contributed by atoms with Crippen LogP contribution in [0.4, 0.5) is 0 Å². The zero-order chi connectivity index (χ0) is 8.60. The maximum absolute atomic E-state index is 5.43. The van der Waals surface area contributed by atoms with E-state index < -0.39 is 0 Å². The summed E-state index contributed by atoms with van der Waals surface area (Å²) < 4.78 is 5.43. The molecule has 0 saturated carbocycles. The molecule has 0 spiro atoms. The summed E-state index contributed by atoms with van der Waals surface area (Å²) in [5.74, 6) is 0. The number of fused-ring (bicyclic) bond motifs is 1. The Labute approximate surface area is 72.7 Å². The van der Waals surface area contributed by atoms with Crippen LogP contribution in [0.25, 0.3) is 0 Å². The molecule has 0 amide bonds. The quantitative estimate of drug-likeness (QED) is 0.603. The van der Waals surface area contributed by atoms with Gasteiger partial charge in [-0.25, -0.2) is 0 Å². The number of hydrogen-bond acceptors (Lipinski definition) is 1. The Kier molecular flexibility index (Phi) is 1.55. The van der Waals surface area contributed by atoms with Crippen molar-refractivity contribution in [2.75, 3.05) is 7.11 Å². The summed E-state index contributed by atoms with van der Waals surface area (Å²) in [6, 6.07) is 8.33. The van der Waals surface area contributed by atoms with E-state index in [2.05, 4.69) is 24.8 Å². The molecule has 2 rings (SSSR count). The molecule has 0 saturated heterocycles. The van der Waals surface area contributed by atoms with Gasteiger partial charge >= 0.3 is 0 Å². The molecular formula is C11H12O. The second kappa shape index (κ2) is 2.46. The van der Waals surface area contributed by atoms with E-state index in [0.29, 0.717) is 0 Å². The molecule has 12 heavy (non-hydrogen) atoms. The van der Waals surface area contributed by atoms with Crippen molar-refractivity contribution in [3.8, 4) is 0 Å². The summed E-state index contributed by atoms with van der Waals surface area (Å²) in [5, 5.41) is 0. The average Bonchev–Trinajstić information content (AvgIpc) is 2.09. The van der Waals surface area contributed by atoms with Crippen LogP contribution in [0.3, 0.4) is 0 Å². The molecule has 1 heteroatoms. The fourth-order valence-electron chi connectivity index (χ4n) is 1.81. The monoisotopic (exact) mass is 160 g/mol. The van der Waals surface area contributed by atoms with Crippen LogP contribution in [0, 0.1) is 0 Å². The number of rotatable bonds is 2. The third-order valence-corrected chi connectivity index (χ3v) is 2.62. The minimum Gasteiger partial charge on any atom is -0.369 e. The number of methoxy groups -OCH3 is 1. The lowest BCUT2D eigenvalue weighted by Crippen LogP contribution is -2.38. The predicted octanol–water partition coefficient (Wildman–Crippen LogP) is 2.27. The van der Waals surface area contributed by atoms with Crippen molar-refractivity contribution in [3.05, 3.63) is 48.0 Å². The van der Waals surface area contributed by atoms with E-state index in [0.717, 1.165) is 6.42 Å². The fraction of sp³-hybridized carbons (Fsp3) is 0.273. The van der Waals surface area contributed by atoms with Crippen LogP contribution in [-0.4, -0.2) is 7.11 Å². The van der Waals surface area contributed by atoms with Crippen LogP contribution in [0.2, 0.25) is 0 Å². The molecular weight excluding hydrogens is 148 g/mol. The Morgan fingerprint density at radius 1 is 1.50 bits per heavy atom. The second-order valence-corrected chi connectivity index (χ2v) is 3.13. The molecule has 1 aliphatic rings. The Morgan fingerprint density at radius 2 is 2.25 bits per heavy atom. The SMILES string of the molecule is C=CC1(OC)Cc2ccccc21. The molecule has 1 aromatic carbocycles. The predicted molar refractivity (Wildman–Crippen MR) is 49.0 cm³/mol. The molecule has 1 aliphatic carbocycles. The molecule has 1 aromatic rings. The van der Waals surface area contributed by atoms with Crippen LogP contribution in [0.15, 0.2) is 36.9 Å². The zero-order valence-electron chi connectivity index (χ0n) is 7.21. The van der Waals surface area contributed by atoms with Crippen LogP contribution in [0.5, 0.6) is 0 Å². The van der Waals surface area contributed by atoms with Gasteiger partial charge in [-0.2, -0.15) is 0 Å². The third-order valence-electron chi connectivity index (χ3n) is 2.62. The van der Waals surface area contributed by atoms with Gasteiger partial charge in [0.15, 0.2) is 0 Å². The maximum Gasteiger partial charge on any atom is 0.115 e. The third kappa shape index (κ3) is 0.772. The second-order valence-electron chi connectivity index (χ2n) is 3.13. The Hall–Kier alpha value is -1.08. The fourth-order valence-corrected chi connectivity index (χ4v) is 1.81. The van der Waals surface area contributed by atoms with Crippen molar-refractivity contribution in [2.24, 2.45) is 0 Å². The molecule has 0 aliphatic heterocycles. The topological polar surface area (TPSA) is 9.23 Å². The van der Waals surface area contributed by atoms with Crippen molar-refractivity contribution >= 4 is 0 Å². The van der Waals surface area contributed by atoms with Crippen LogP contribution < -0.4 is 0 Å². The van der Waals surface area contributed by atoms with Crippen molar-refractivity contribution < 1.29 is 4.74 Å². The summed E-state index contributed by atoms with van der Waals surface area (Å²) in [6.45, 7) is 3.80. The molecule has 62 valence electrons. The molecule has 0 fully saturated rings. The summed E-state index contributed by atoms with van der Waals surface area (Å²) in [7, 11) is 1.73. The van der Waals surface area contributed by atoms with Crippen molar-refractivity contribution in [1.82, 2.24) is 0 Å². The minimum atomic E-state index is -0.198. The van der Waals surface area contributed by atoms with Crippen LogP contribution in [0.1, 0.15) is 11.1 Å². The Balaban J connectivity index is 2.46. The van der Waals surface area contributed by atoms with Gasteiger partial charge in [0.1, 0.15) is 5.60 Å². The van der Waals surface area contributed by atoms with E-state index in [1.807, 2.05) is 12.1 Å². The Bertz CT molecular complexity index is 317. The molecule has 1 nitrogen and oxygen atoms in total. The normalized spacial score (nSPS) is 25.8. The summed E-state index contributed by atoms with van der Waals surface area (Å²) in [4.78, 5) is 0. The highest BCUT2D eigenvalue weighted by atomic mass is 16.5. The summed E-state index contributed by atoms with van der Waals surface area (Å²) >= 11 is 0. The van der Waals surface area contributed by atoms with Gasteiger partial charge in [-0.15, -0.1) is 0 Å². The van der Waals surface area contributed by atoms with Crippen LogP contribution >= 0.6 is 0 Å². The number of hydrogen-bond donors (Lipinski definition) is 0. The summed E-state index contributed by atoms with van der Waals surface area (Å²) in [6.07, 6.45) is 2.85. The first-order valence-corrected chi connectivity index (χ1v) is 4.09. The minimum absolute atomic E-state index is 0.198. The van der Waals surface area contributed by atoms with E-state index in [9.17, 15) is 0 Å². The van der Waals surface area contributed by atoms with Gasteiger partial charge in [-0.05, 0) is 11.1 Å². The van der Waals surface area contributed by atoms with Gasteiger partial charge in [0.05, 0.1) is 0 Å². The van der Waals surface area contributed by atoms with Gasteiger partial charge < -0.3 is 4.74 Å². The summed E-state index contributed by atoms with van der Waals surface area (Å²) in [5.41, 5.74) is 2.44. The molecule has 0 heterocycles. The highest BCUT2D eigenvalue weighted by molar-refractivity contribution is 5.46. The maximum atomic E-state index is 5.43. The number of benzene rings is 1. The standard InChI is InChI=1S/C11H12O/c1-3-11(12-2)8-9-6-4-5-7-10(9)11/h3-7H,1,8H2,2H3. The van der Waals surface area contributed by atoms with Crippen molar-refractivity contribution in [2.45, 2.75) is 12.0 Å². The van der Waals surface area contributed by atoms with E-state index in [1.165, 1.54) is 11.1 Å². The first-order chi connectivity index (χ1) is 5.82. The largest absolute Gasteiger partial charge is 0.369 e. The van der Waals surface area contributed by atoms with Crippen molar-refractivity contribution in [3.63, 3.8) is 0 Å². The van der Waals surface area contributed by atoms with Crippen molar-refractivity contribution in [1.29, 1.82) is 0 Å². The van der Waals surface area contributed by atoms with Crippen LogP contribution in [-0.2, 0) is 16.8 Å². The lowest BCUT2D eigenvalue weighted by atomic mass is 9.73. The highest BCUT2D eigenvalue weighted by Gasteiger charge is 2.39.